The van der Waals surface area contributed by atoms with Gasteiger partial charge in [0.2, 0.25) is 23.6 Å². The summed E-state index contributed by atoms with van der Waals surface area (Å²) in [6, 6.07) is 21.8. The topological polar surface area (TPSA) is 270 Å². The standard InChI is InChI=1S/C49H58F2N7O10P/c1-3-31-18-22-33(23-19-31)45(61)54-27-11-9-17-41(46(62)55-30(2)44(60)56-40(43(53)59)16-8-10-26-52)57-47(63)42(28-32-20-24-34(25-21-32)49(50,51)68-69(65)66)58-48(64)67-29-39-37-14-6-4-12-35(37)36-13-5-7-15-38(36)39/h4-7,12-15,18-25,30,39-42H,3,8-11,16-17,26-29,52H2,1-2H3,(H7-,53,54,55,56,57,58,59,60,61,62,63,64,65,66)/p+1. The number of amides is 6. The highest BCUT2D eigenvalue weighted by molar-refractivity contribution is 7.32. The lowest BCUT2D eigenvalue weighted by Gasteiger charge is -2.25. The van der Waals surface area contributed by atoms with Crippen molar-refractivity contribution in [3.8, 4) is 11.1 Å². The van der Waals surface area contributed by atoms with Crippen LogP contribution in [-0.4, -0.2) is 84.4 Å². The predicted molar refractivity (Wildman–Crippen MR) is 253 cm³/mol. The van der Waals surface area contributed by atoms with Crippen molar-refractivity contribution in [2.24, 2.45) is 11.5 Å². The van der Waals surface area contributed by atoms with E-state index < -0.39 is 73.8 Å². The van der Waals surface area contributed by atoms with Gasteiger partial charge in [-0.05, 0) is 121 Å². The van der Waals surface area contributed by atoms with Crippen LogP contribution in [0.2, 0.25) is 0 Å². The minimum absolute atomic E-state index is 0.00939. The monoisotopic (exact) mass is 974 g/mol. The Morgan fingerprint density at radius 2 is 1.29 bits per heavy atom. The molecule has 368 valence electrons. The lowest BCUT2D eigenvalue weighted by Crippen LogP contribution is -2.57. The van der Waals surface area contributed by atoms with Gasteiger partial charge >= 0.3 is 20.5 Å². The van der Waals surface area contributed by atoms with Crippen molar-refractivity contribution in [1.82, 2.24) is 26.6 Å². The summed E-state index contributed by atoms with van der Waals surface area (Å²) in [6.07, 6.45) is -2.67. The number of hydrogen-bond donors (Lipinski definition) is 8. The molecule has 5 atom stereocenters. The molecular weight excluding hydrogens is 916 g/mol. The molecule has 17 nitrogen and oxygen atoms in total. The zero-order chi connectivity index (χ0) is 50.1. The molecule has 0 aromatic heterocycles. The highest BCUT2D eigenvalue weighted by Crippen LogP contribution is 2.44. The molecule has 0 bridgehead atoms. The Kier molecular flexibility index (Phi) is 19.8. The molecular formula is C49H59F2N7O10P+. The molecule has 69 heavy (non-hydrogen) atoms. The van der Waals surface area contributed by atoms with Gasteiger partial charge in [0.15, 0.2) is 0 Å². The Morgan fingerprint density at radius 3 is 1.88 bits per heavy atom. The van der Waals surface area contributed by atoms with Crippen LogP contribution in [0.15, 0.2) is 97.1 Å². The summed E-state index contributed by atoms with van der Waals surface area (Å²) in [5, 5.41) is 13.2. The minimum atomic E-state index is -4.13. The molecule has 0 saturated carbocycles. The van der Waals surface area contributed by atoms with E-state index in [0.717, 1.165) is 46.4 Å². The summed E-state index contributed by atoms with van der Waals surface area (Å²) >= 11 is 0. The molecule has 1 aliphatic rings. The fourth-order valence-electron chi connectivity index (χ4n) is 7.88. The van der Waals surface area contributed by atoms with E-state index in [1.807, 2.05) is 67.6 Å². The number of rotatable bonds is 26. The Hall–Kier alpha value is -6.66. The summed E-state index contributed by atoms with van der Waals surface area (Å²) < 4.78 is 49.6. The molecule has 0 spiro atoms. The second-order valence-electron chi connectivity index (χ2n) is 16.6. The number of unbranched alkanes of at least 4 members (excludes halogenated alkanes) is 2. The van der Waals surface area contributed by atoms with Gasteiger partial charge in [-0.15, -0.1) is 4.89 Å². The molecule has 1 aliphatic carbocycles. The average molecular weight is 975 g/mol. The maximum atomic E-state index is 14.5. The number of alkyl carbamates (subject to hydrolysis) is 1. The van der Waals surface area contributed by atoms with E-state index in [1.54, 1.807) is 12.1 Å². The third kappa shape index (κ3) is 15.4. The van der Waals surface area contributed by atoms with Gasteiger partial charge in [0.25, 0.3) is 5.91 Å². The Balaban J connectivity index is 1.34. The van der Waals surface area contributed by atoms with Crippen LogP contribution in [0.25, 0.3) is 11.1 Å². The lowest BCUT2D eigenvalue weighted by molar-refractivity contribution is -0.185. The van der Waals surface area contributed by atoms with Crippen LogP contribution in [0.4, 0.5) is 13.6 Å². The number of aryl methyl sites for hydroxylation is 1. The SMILES string of the molecule is CCc1ccc(C(=O)NCCCCC(NC(=O)C(Cc2ccc(C(F)(F)O[P+](=O)O)cc2)NC(=O)OCC2c3ccccc3-c3ccccc32)C(=O)NC(C)C(=O)NC(CCCCN)C(N)=O)cc1. The minimum Gasteiger partial charge on any atom is -0.449 e. The molecule has 0 heterocycles. The smallest absolute Gasteiger partial charge is 0.449 e. The van der Waals surface area contributed by atoms with Crippen molar-refractivity contribution in [3.63, 3.8) is 0 Å². The van der Waals surface area contributed by atoms with Crippen LogP contribution in [0.1, 0.15) is 96.5 Å². The summed E-state index contributed by atoms with van der Waals surface area (Å²) in [5.74, 6) is -3.80. The Bertz CT molecular complexity index is 2400. The number of nitrogens with two attached hydrogens (primary N) is 2. The number of ether oxygens (including phenoxy) is 1. The number of benzene rings is 4. The predicted octanol–water partition coefficient (Wildman–Crippen LogP) is 5.10. The number of fused-ring (bicyclic) bond motifs is 3. The quantitative estimate of drug-likeness (QED) is 0.0303. The van der Waals surface area contributed by atoms with Crippen molar-refractivity contribution in [2.75, 3.05) is 19.7 Å². The highest BCUT2D eigenvalue weighted by atomic mass is 31.1. The average Bonchev–Trinajstić information content (AvgIpc) is 3.65. The van der Waals surface area contributed by atoms with E-state index in [4.69, 9.17) is 21.1 Å². The van der Waals surface area contributed by atoms with E-state index in [-0.39, 0.29) is 56.2 Å². The summed E-state index contributed by atoms with van der Waals surface area (Å²) in [5.41, 5.74) is 16.0. The highest BCUT2D eigenvalue weighted by Gasteiger charge is 2.43. The number of carbonyl (C=O) groups is 6. The molecule has 5 unspecified atom stereocenters. The van der Waals surface area contributed by atoms with Gasteiger partial charge in [0.05, 0.1) is 5.56 Å². The fraction of sp³-hybridized carbons (Fsp3) is 0.388. The van der Waals surface area contributed by atoms with E-state index in [0.29, 0.717) is 31.4 Å². The fourth-order valence-corrected chi connectivity index (χ4v) is 8.18. The zero-order valence-corrected chi connectivity index (χ0v) is 39.3. The lowest BCUT2D eigenvalue weighted by atomic mass is 9.98. The van der Waals surface area contributed by atoms with Gasteiger partial charge in [-0.3, -0.25) is 24.0 Å². The van der Waals surface area contributed by atoms with Crippen LogP contribution in [0.5, 0.6) is 0 Å². The third-order valence-electron chi connectivity index (χ3n) is 11.7. The molecule has 20 heteroatoms. The molecule has 0 radical (unpaired) electrons. The first kappa shape index (κ1) is 53.3. The van der Waals surface area contributed by atoms with Crippen molar-refractivity contribution in [3.05, 3.63) is 130 Å². The van der Waals surface area contributed by atoms with Gasteiger partial charge < -0.3 is 42.8 Å². The number of hydrogen-bond acceptors (Lipinski definition) is 10. The van der Waals surface area contributed by atoms with Gasteiger partial charge in [0.1, 0.15) is 30.8 Å². The van der Waals surface area contributed by atoms with Crippen LogP contribution >= 0.6 is 8.25 Å². The Labute approximate surface area is 399 Å². The molecule has 0 aliphatic heterocycles. The van der Waals surface area contributed by atoms with E-state index >= 15 is 0 Å². The molecule has 4 aromatic carbocycles. The molecule has 0 fully saturated rings. The van der Waals surface area contributed by atoms with Crippen molar-refractivity contribution in [1.29, 1.82) is 0 Å². The first-order valence-electron chi connectivity index (χ1n) is 22.7. The summed E-state index contributed by atoms with van der Waals surface area (Å²) in [7, 11) is -3.65. The van der Waals surface area contributed by atoms with Crippen molar-refractivity contribution >= 4 is 43.9 Å². The first-order chi connectivity index (χ1) is 33.0. The van der Waals surface area contributed by atoms with Crippen LogP contribution in [-0.2, 0) is 52.0 Å². The van der Waals surface area contributed by atoms with Crippen LogP contribution in [0, 0.1) is 0 Å². The Morgan fingerprint density at radius 1 is 0.725 bits per heavy atom. The zero-order valence-electron chi connectivity index (χ0n) is 38.4. The third-order valence-corrected chi connectivity index (χ3v) is 12.1. The summed E-state index contributed by atoms with van der Waals surface area (Å²) in [6.45, 7) is 3.86. The van der Waals surface area contributed by atoms with Gasteiger partial charge in [-0.25, -0.2) is 4.79 Å². The van der Waals surface area contributed by atoms with E-state index in [1.165, 1.54) is 19.1 Å². The number of halogens is 2. The van der Waals surface area contributed by atoms with Gasteiger partial charge in [-0.1, -0.05) is 79.7 Å². The number of carbonyl (C=O) groups excluding carboxylic acids is 6. The maximum Gasteiger partial charge on any atom is 0.701 e. The van der Waals surface area contributed by atoms with Crippen molar-refractivity contribution < 1.29 is 56.3 Å². The molecule has 0 saturated heterocycles. The van der Waals surface area contributed by atoms with E-state index in [9.17, 15) is 42.1 Å². The largest absolute Gasteiger partial charge is 0.701 e. The van der Waals surface area contributed by atoms with E-state index in [2.05, 4.69) is 31.1 Å². The van der Waals surface area contributed by atoms with Gasteiger partial charge in [-0.2, -0.15) is 8.78 Å². The molecule has 6 amide bonds. The number of nitrogens with one attached hydrogen (secondary N) is 5. The second kappa shape index (κ2) is 25.6. The van der Waals surface area contributed by atoms with Crippen LogP contribution in [0.3, 0.4) is 0 Å². The molecule has 10 N–H and O–H groups in total. The first-order valence-corrected chi connectivity index (χ1v) is 23.9. The van der Waals surface area contributed by atoms with Crippen LogP contribution < -0.4 is 38.1 Å². The molecule has 5 rings (SSSR count). The normalized spacial score (nSPS) is 13.9. The number of primary amides is 1. The van der Waals surface area contributed by atoms with Gasteiger partial charge in [0, 0.05) is 29.0 Å². The maximum absolute atomic E-state index is 14.5. The van der Waals surface area contributed by atoms with Crippen molar-refractivity contribution in [2.45, 2.75) is 101 Å². The second-order valence-corrected chi connectivity index (χ2v) is 17.3. The number of alkyl halides is 2. The molecule has 4 aromatic rings. The summed E-state index contributed by atoms with van der Waals surface area (Å²) in [4.78, 5) is 89.0.